The van der Waals surface area contributed by atoms with Crippen LogP contribution in [0.2, 0.25) is 0 Å². The number of aromatic nitrogens is 2. The summed E-state index contributed by atoms with van der Waals surface area (Å²) in [6, 6.07) is 6.55. The molecule has 3 amide bonds. The zero-order valence-corrected chi connectivity index (χ0v) is 27.6. The molecule has 244 valence electrons. The van der Waals surface area contributed by atoms with Gasteiger partial charge in [0, 0.05) is 30.9 Å². The van der Waals surface area contributed by atoms with Crippen molar-refractivity contribution in [2.24, 2.45) is 5.92 Å². The Kier molecular flexibility index (Phi) is 13.0. The number of aliphatic hydroxyl groups is 1. The van der Waals surface area contributed by atoms with Gasteiger partial charge in [-0.05, 0) is 52.0 Å². The zero-order chi connectivity index (χ0) is 32.3. The van der Waals surface area contributed by atoms with Crippen molar-refractivity contribution in [1.29, 1.82) is 0 Å². The van der Waals surface area contributed by atoms with Gasteiger partial charge in [-0.15, -0.1) is 0 Å². The predicted molar refractivity (Wildman–Crippen MR) is 171 cm³/mol. The number of benzene rings is 1. The fourth-order valence-corrected chi connectivity index (χ4v) is 6.72. The molecular weight excluding hydrogens is 581 g/mol. The molecule has 0 bridgehead atoms. The molecule has 0 aliphatic heterocycles. The first kappa shape index (κ1) is 35.3. The standard InChI is InChI=1S/C32H50N5O6P/c1-32(2,3)43-31(41)37-26(17-23-14-10-7-11-15-23)29(39)36-27(18-24-19-33-21-34-24)30(40)35-25(28(38)20-44(4,5)42)16-22-12-8-6-9-13-22/h7,10-11,14-15,19,21-22,25-28,38H,6,8-9,12-13,16-18,20H2,1-5H3,(H,33,34)(H,35,40)(H,36,39)(H,37,41)/t25-,26-,27+,28-/m0/s1. The van der Waals surface area contributed by atoms with E-state index in [4.69, 9.17) is 4.74 Å². The molecule has 0 radical (unpaired) electrons. The van der Waals surface area contributed by atoms with Crippen molar-refractivity contribution in [3.05, 3.63) is 54.1 Å². The van der Waals surface area contributed by atoms with Gasteiger partial charge in [0.1, 0.15) is 17.7 Å². The highest BCUT2D eigenvalue weighted by atomic mass is 31.2. The normalized spacial score (nSPS) is 17.1. The first-order chi connectivity index (χ1) is 20.7. The van der Waals surface area contributed by atoms with Gasteiger partial charge in [-0.2, -0.15) is 0 Å². The Morgan fingerprint density at radius 1 is 1.00 bits per heavy atom. The van der Waals surface area contributed by atoms with E-state index in [9.17, 15) is 24.1 Å². The van der Waals surface area contributed by atoms with Gasteiger partial charge in [0.25, 0.3) is 0 Å². The SMILES string of the molecule is CC(C)(C)OC(=O)N[C@@H](Cc1ccccc1)C(=O)N[C@H](Cc1cnc[nH]1)C(=O)N[C@@H](CC1CCCCC1)[C@@H](O)CP(C)(C)=O. The molecule has 11 nitrogen and oxygen atoms in total. The number of ether oxygens (including phenoxy) is 1. The third kappa shape index (κ3) is 12.8. The maximum absolute atomic E-state index is 13.9. The Morgan fingerprint density at radius 2 is 1.64 bits per heavy atom. The fourth-order valence-electron chi connectivity index (χ4n) is 5.56. The van der Waals surface area contributed by atoms with Crippen molar-refractivity contribution in [1.82, 2.24) is 25.9 Å². The van der Waals surface area contributed by atoms with Gasteiger partial charge in [0.05, 0.1) is 25.6 Å². The topological polar surface area (TPSA) is 163 Å². The maximum Gasteiger partial charge on any atom is 0.408 e. The quantitative estimate of drug-likeness (QED) is 0.197. The Bertz CT molecular complexity index is 1240. The lowest BCUT2D eigenvalue weighted by Gasteiger charge is -2.32. The van der Waals surface area contributed by atoms with E-state index in [1.807, 2.05) is 30.3 Å². The van der Waals surface area contributed by atoms with Crippen molar-refractivity contribution in [2.75, 3.05) is 19.5 Å². The third-order valence-electron chi connectivity index (χ3n) is 7.63. The second kappa shape index (κ2) is 16.2. The summed E-state index contributed by atoms with van der Waals surface area (Å²) in [6.45, 7) is 8.45. The highest BCUT2D eigenvalue weighted by Gasteiger charge is 2.33. The zero-order valence-electron chi connectivity index (χ0n) is 26.7. The number of nitrogens with one attached hydrogen (secondary N) is 4. The molecule has 12 heteroatoms. The lowest BCUT2D eigenvalue weighted by molar-refractivity contribution is -0.130. The number of hydrogen-bond donors (Lipinski definition) is 5. The number of rotatable bonds is 14. The Labute approximate surface area is 261 Å². The van der Waals surface area contributed by atoms with Gasteiger partial charge in [-0.25, -0.2) is 9.78 Å². The average molecular weight is 632 g/mol. The number of nitrogens with zero attached hydrogens (tertiary/aromatic N) is 1. The van der Waals surface area contributed by atoms with E-state index >= 15 is 0 Å². The minimum atomic E-state index is -2.58. The van der Waals surface area contributed by atoms with E-state index in [1.54, 1.807) is 40.3 Å². The molecule has 1 fully saturated rings. The van der Waals surface area contributed by atoms with E-state index in [0.717, 1.165) is 31.2 Å². The Hall–Kier alpha value is -3.17. The summed E-state index contributed by atoms with van der Waals surface area (Å²) in [5.74, 6) is -0.702. The van der Waals surface area contributed by atoms with Crippen LogP contribution in [0.3, 0.4) is 0 Å². The minimum absolute atomic E-state index is 0.0845. The lowest BCUT2D eigenvalue weighted by Crippen LogP contribution is -2.58. The van der Waals surface area contributed by atoms with Gasteiger partial charge in [0.15, 0.2) is 0 Å². The van der Waals surface area contributed by atoms with Crippen LogP contribution >= 0.6 is 7.14 Å². The largest absolute Gasteiger partial charge is 0.444 e. The summed E-state index contributed by atoms with van der Waals surface area (Å²) >= 11 is 0. The van der Waals surface area contributed by atoms with Crippen LogP contribution in [0.25, 0.3) is 0 Å². The van der Waals surface area contributed by atoms with Gasteiger partial charge in [-0.1, -0.05) is 62.4 Å². The van der Waals surface area contributed by atoms with Gasteiger partial charge < -0.3 is 35.3 Å². The summed E-state index contributed by atoms with van der Waals surface area (Å²) in [5, 5.41) is 19.6. The molecular formula is C32H50N5O6P. The van der Waals surface area contributed by atoms with Crippen molar-refractivity contribution >= 4 is 25.0 Å². The minimum Gasteiger partial charge on any atom is -0.444 e. The van der Waals surface area contributed by atoms with E-state index in [0.29, 0.717) is 18.0 Å². The first-order valence-corrected chi connectivity index (χ1v) is 18.3. The second-order valence-electron chi connectivity index (χ2n) is 13.4. The molecule has 1 saturated carbocycles. The maximum atomic E-state index is 13.9. The van der Waals surface area contributed by atoms with Crippen LogP contribution < -0.4 is 16.0 Å². The molecule has 0 unspecified atom stereocenters. The van der Waals surface area contributed by atoms with E-state index in [-0.39, 0.29) is 19.0 Å². The molecule has 1 heterocycles. The molecule has 4 atom stereocenters. The molecule has 1 aromatic carbocycles. The number of H-pyrrole nitrogens is 1. The van der Waals surface area contributed by atoms with Crippen LogP contribution in [0.1, 0.15) is 70.6 Å². The summed E-state index contributed by atoms with van der Waals surface area (Å²) in [6.07, 6.45) is 7.67. The van der Waals surface area contributed by atoms with Crippen molar-refractivity contribution in [3.63, 3.8) is 0 Å². The summed E-state index contributed by atoms with van der Waals surface area (Å²) < 4.78 is 18.0. The monoisotopic (exact) mass is 631 g/mol. The molecule has 44 heavy (non-hydrogen) atoms. The van der Waals surface area contributed by atoms with Gasteiger partial charge in [0.2, 0.25) is 11.8 Å². The molecule has 1 aliphatic rings. The number of amides is 3. The van der Waals surface area contributed by atoms with Crippen LogP contribution in [-0.4, -0.2) is 82.3 Å². The highest BCUT2D eigenvalue weighted by molar-refractivity contribution is 7.62. The second-order valence-corrected chi connectivity index (χ2v) is 16.9. The average Bonchev–Trinajstić information content (AvgIpc) is 3.44. The van der Waals surface area contributed by atoms with E-state index in [1.165, 1.54) is 12.7 Å². The number of alkyl carbamates (subject to hydrolysis) is 1. The van der Waals surface area contributed by atoms with Crippen LogP contribution in [-0.2, 0) is 31.7 Å². The summed E-state index contributed by atoms with van der Waals surface area (Å²) in [4.78, 5) is 47.3. The van der Waals surface area contributed by atoms with Crippen molar-refractivity contribution in [3.8, 4) is 0 Å². The smallest absolute Gasteiger partial charge is 0.408 e. The third-order valence-corrected chi connectivity index (χ3v) is 8.89. The molecule has 1 aromatic heterocycles. The van der Waals surface area contributed by atoms with Gasteiger partial charge in [-0.3, -0.25) is 9.59 Å². The molecule has 0 spiro atoms. The highest BCUT2D eigenvalue weighted by Crippen LogP contribution is 2.38. The molecule has 2 aromatic rings. The Balaban J connectivity index is 1.83. The van der Waals surface area contributed by atoms with Crippen LogP contribution in [0.5, 0.6) is 0 Å². The molecule has 1 aliphatic carbocycles. The molecule has 5 N–H and O–H groups in total. The number of aromatic amines is 1. The number of hydrogen-bond acceptors (Lipinski definition) is 7. The van der Waals surface area contributed by atoms with E-state index in [2.05, 4.69) is 25.9 Å². The van der Waals surface area contributed by atoms with Crippen LogP contribution in [0.15, 0.2) is 42.9 Å². The lowest BCUT2D eigenvalue weighted by atomic mass is 9.83. The molecule has 0 saturated heterocycles. The first-order valence-electron chi connectivity index (χ1n) is 15.5. The molecule has 3 rings (SSSR count). The summed E-state index contributed by atoms with van der Waals surface area (Å²) in [5.41, 5.74) is 0.675. The number of carbonyl (C=O) groups excluding carboxylic acids is 3. The van der Waals surface area contributed by atoms with Crippen molar-refractivity contribution < 1.29 is 28.8 Å². The van der Waals surface area contributed by atoms with Crippen LogP contribution in [0.4, 0.5) is 4.79 Å². The number of imidazole rings is 1. The Morgan fingerprint density at radius 3 is 2.23 bits per heavy atom. The predicted octanol–water partition coefficient (Wildman–Crippen LogP) is 4.01. The van der Waals surface area contributed by atoms with Gasteiger partial charge >= 0.3 is 6.09 Å². The fraction of sp³-hybridized carbons (Fsp3) is 0.625. The number of carbonyl (C=O) groups is 3. The summed E-state index contributed by atoms with van der Waals surface area (Å²) in [7, 11) is -2.58. The van der Waals surface area contributed by atoms with Crippen molar-refractivity contribution in [2.45, 2.75) is 102 Å². The van der Waals surface area contributed by atoms with E-state index < -0.39 is 54.9 Å². The number of aliphatic hydroxyl groups excluding tert-OH is 1. The van der Waals surface area contributed by atoms with Crippen LogP contribution in [0, 0.1) is 5.92 Å².